The van der Waals surface area contributed by atoms with Gasteiger partial charge in [0.1, 0.15) is 10.3 Å². The quantitative estimate of drug-likeness (QED) is 0.762. The van der Waals surface area contributed by atoms with E-state index in [1.54, 1.807) is 18.7 Å². The second-order valence-corrected chi connectivity index (χ2v) is 3.48. The van der Waals surface area contributed by atoms with Crippen LogP contribution in [0.1, 0.15) is 0 Å². The lowest BCUT2D eigenvalue weighted by molar-refractivity contribution is 0.891. The highest BCUT2D eigenvalue weighted by molar-refractivity contribution is 9.10. The minimum Gasteiger partial charge on any atom is -0.328 e. The standard InChI is InChI=1S/C9H8BrN3/c1-13-6-12-8(9(13)10)7-2-4-11-5-3-7/h2-6H,1H3. The third-order valence-corrected chi connectivity index (χ3v) is 2.75. The second-order valence-electron chi connectivity index (χ2n) is 2.73. The van der Waals surface area contributed by atoms with E-state index < -0.39 is 0 Å². The summed E-state index contributed by atoms with van der Waals surface area (Å²) in [6, 6.07) is 3.88. The maximum Gasteiger partial charge on any atom is 0.112 e. The highest BCUT2D eigenvalue weighted by Crippen LogP contribution is 2.24. The first-order chi connectivity index (χ1) is 6.29. The first-order valence-corrected chi connectivity index (χ1v) is 4.65. The van der Waals surface area contributed by atoms with Gasteiger partial charge >= 0.3 is 0 Å². The molecule has 0 spiro atoms. The Bertz CT molecular complexity index is 408. The monoisotopic (exact) mass is 237 g/mol. The van der Waals surface area contributed by atoms with Crippen LogP contribution in [0.5, 0.6) is 0 Å². The molecule has 2 rings (SSSR count). The van der Waals surface area contributed by atoms with E-state index in [-0.39, 0.29) is 0 Å². The molecule has 0 saturated carbocycles. The van der Waals surface area contributed by atoms with Crippen molar-refractivity contribution < 1.29 is 0 Å². The van der Waals surface area contributed by atoms with Gasteiger partial charge in [-0.3, -0.25) is 4.98 Å². The molecule has 0 aliphatic rings. The molecular formula is C9H8BrN3. The maximum atomic E-state index is 4.27. The average molecular weight is 238 g/mol. The fourth-order valence-electron chi connectivity index (χ4n) is 1.12. The van der Waals surface area contributed by atoms with Crippen LogP contribution in [-0.4, -0.2) is 14.5 Å². The Morgan fingerprint density at radius 3 is 2.54 bits per heavy atom. The minimum absolute atomic E-state index is 0.949. The molecule has 0 aliphatic heterocycles. The summed E-state index contributed by atoms with van der Waals surface area (Å²) in [5, 5.41) is 0. The molecule has 3 nitrogen and oxygen atoms in total. The summed E-state index contributed by atoms with van der Waals surface area (Å²) >= 11 is 3.47. The second kappa shape index (κ2) is 3.30. The Kier molecular flexibility index (Phi) is 2.14. The first-order valence-electron chi connectivity index (χ1n) is 3.86. The summed E-state index contributed by atoms with van der Waals surface area (Å²) in [5.74, 6) is 0. The van der Waals surface area contributed by atoms with Crippen LogP contribution in [0.25, 0.3) is 11.3 Å². The van der Waals surface area contributed by atoms with Gasteiger partial charge in [0.15, 0.2) is 0 Å². The highest BCUT2D eigenvalue weighted by Gasteiger charge is 2.06. The van der Waals surface area contributed by atoms with Gasteiger partial charge < -0.3 is 4.57 Å². The van der Waals surface area contributed by atoms with Crippen molar-refractivity contribution in [2.24, 2.45) is 7.05 Å². The van der Waals surface area contributed by atoms with Crippen LogP contribution in [0, 0.1) is 0 Å². The molecule has 66 valence electrons. The molecule has 0 fully saturated rings. The highest BCUT2D eigenvalue weighted by atomic mass is 79.9. The van der Waals surface area contributed by atoms with E-state index in [0.29, 0.717) is 0 Å². The van der Waals surface area contributed by atoms with Crippen LogP contribution in [0.2, 0.25) is 0 Å². The molecule has 0 atom stereocenters. The first kappa shape index (κ1) is 8.44. The number of aryl methyl sites for hydroxylation is 1. The van der Waals surface area contributed by atoms with E-state index in [1.807, 2.05) is 23.7 Å². The topological polar surface area (TPSA) is 30.7 Å². The number of rotatable bonds is 1. The lowest BCUT2D eigenvalue weighted by Gasteiger charge is -1.97. The van der Waals surface area contributed by atoms with Gasteiger partial charge in [0.05, 0.1) is 6.33 Å². The fourth-order valence-corrected chi connectivity index (χ4v) is 1.54. The SMILES string of the molecule is Cn1cnc(-c2ccncc2)c1Br. The van der Waals surface area contributed by atoms with Crippen molar-refractivity contribution >= 4 is 15.9 Å². The molecule has 4 heteroatoms. The Balaban J connectivity index is 2.53. The molecule has 13 heavy (non-hydrogen) atoms. The van der Waals surface area contributed by atoms with Crippen LogP contribution in [0.15, 0.2) is 35.5 Å². The Morgan fingerprint density at radius 1 is 1.31 bits per heavy atom. The van der Waals surface area contributed by atoms with Gasteiger partial charge in [-0.25, -0.2) is 4.98 Å². The van der Waals surface area contributed by atoms with Gasteiger partial charge in [-0.2, -0.15) is 0 Å². The van der Waals surface area contributed by atoms with E-state index in [1.165, 1.54) is 0 Å². The Hall–Kier alpha value is -1.16. The van der Waals surface area contributed by atoms with Crippen LogP contribution >= 0.6 is 15.9 Å². The molecule has 0 aliphatic carbocycles. The predicted octanol–water partition coefficient (Wildman–Crippen LogP) is 2.24. The van der Waals surface area contributed by atoms with E-state index in [4.69, 9.17) is 0 Å². The zero-order valence-corrected chi connectivity index (χ0v) is 8.69. The zero-order valence-electron chi connectivity index (χ0n) is 7.11. The molecule has 2 aromatic rings. The Labute approximate surface area is 84.6 Å². The third kappa shape index (κ3) is 1.49. The van der Waals surface area contributed by atoms with Crippen LogP contribution in [0.3, 0.4) is 0 Å². The number of imidazole rings is 1. The fraction of sp³-hybridized carbons (Fsp3) is 0.111. The van der Waals surface area contributed by atoms with Crippen molar-refractivity contribution in [3.8, 4) is 11.3 Å². The van der Waals surface area contributed by atoms with Crippen LogP contribution in [0.4, 0.5) is 0 Å². The number of hydrogen-bond acceptors (Lipinski definition) is 2. The van der Waals surface area contributed by atoms with E-state index in [0.717, 1.165) is 15.9 Å². The van der Waals surface area contributed by atoms with Gasteiger partial charge in [-0.15, -0.1) is 0 Å². The number of aromatic nitrogens is 3. The Morgan fingerprint density at radius 2 is 2.00 bits per heavy atom. The summed E-state index contributed by atoms with van der Waals surface area (Å²) in [7, 11) is 1.95. The molecule has 0 N–H and O–H groups in total. The van der Waals surface area contributed by atoms with E-state index in [2.05, 4.69) is 25.9 Å². The van der Waals surface area contributed by atoms with E-state index in [9.17, 15) is 0 Å². The molecule has 0 saturated heterocycles. The number of pyridine rings is 1. The van der Waals surface area contributed by atoms with Crippen LogP contribution < -0.4 is 0 Å². The van der Waals surface area contributed by atoms with Gasteiger partial charge in [-0.1, -0.05) is 0 Å². The smallest absolute Gasteiger partial charge is 0.112 e. The van der Waals surface area contributed by atoms with Crippen molar-refractivity contribution in [2.45, 2.75) is 0 Å². The van der Waals surface area contributed by atoms with E-state index >= 15 is 0 Å². The maximum absolute atomic E-state index is 4.27. The molecule has 2 aromatic heterocycles. The van der Waals surface area contributed by atoms with Crippen LogP contribution in [-0.2, 0) is 7.05 Å². The molecule has 2 heterocycles. The molecular weight excluding hydrogens is 230 g/mol. The molecule has 0 unspecified atom stereocenters. The normalized spacial score (nSPS) is 10.3. The summed E-state index contributed by atoms with van der Waals surface area (Å²) in [6.45, 7) is 0. The van der Waals surface area contributed by atoms with Gasteiger partial charge in [0.25, 0.3) is 0 Å². The average Bonchev–Trinajstić information content (AvgIpc) is 2.49. The molecule has 0 radical (unpaired) electrons. The van der Waals surface area contributed by atoms with Gasteiger partial charge in [0, 0.05) is 25.0 Å². The minimum atomic E-state index is 0.949. The number of nitrogens with zero attached hydrogens (tertiary/aromatic N) is 3. The number of hydrogen-bond donors (Lipinski definition) is 0. The number of halogens is 1. The van der Waals surface area contributed by atoms with Gasteiger partial charge in [0.2, 0.25) is 0 Å². The predicted molar refractivity (Wildman–Crippen MR) is 54.1 cm³/mol. The summed E-state index contributed by atoms with van der Waals surface area (Å²) in [6.07, 6.45) is 5.30. The van der Waals surface area contributed by atoms with Crippen molar-refractivity contribution in [1.82, 2.24) is 14.5 Å². The van der Waals surface area contributed by atoms with Crippen molar-refractivity contribution in [1.29, 1.82) is 0 Å². The lowest BCUT2D eigenvalue weighted by Crippen LogP contribution is -1.84. The molecule has 0 amide bonds. The summed E-state index contributed by atoms with van der Waals surface area (Å²) in [4.78, 5) is 8.23. The largest absolute Gasteiger partial charge is 0.328 e. The van der Waals surface area contributed by atoms with Crippen molar-refractivity contribution in [3.05, 3.63) is 35.5 Å². The zero-order chi connectivity index (χ0) is 9.26. The molecule has 0 bridgehead atoms. The third-order valence-electron chi connectivity index (χ3n) is 1.82. The lowest BCUT2D eigenvalue weighted by atomic mass is 10.2. The summed E-state index contributed by atoms with van der Waals surface area (Å²) in [5.41, 5.74) is 2.02. The summed E-state index contributed by atoms with van der Waals surface area (Å²) < 4.78 is 2.91. The van der Waals surface area contributed by atoms with Gasteiger partial charge in [-0.05, 0) is 28.1 Å². The van der Waals surface area contributed by atoms with Crippen molar-refractivity contribution in [3.63, 3.8) is 0 Å². The van der Waals surface area contributed by atoms with Crippen molar-refractivity contribution in [2.75, 3.05) is 0 Å². The molecule has 0 aromatic carbocycles.